The zero-order chi connectivity index (χ0) is 14.8. The molecule has 1 amide bonds. The average Bonchev–Trinajstić information content (AvgIpc) is 3.14. The summed E-state index contributed by atoms with van der Waals surface area (Å²) in [5.74, 6) is 0.0100. The highest BCUT2D eigenvalue weighted by atomic mass is 16.2. The smallest absolute Gasteiger partial charge is 0.254 e. The summed E-state index contributed by atoms with van der Waals surface area (Å²) < 4.78 is 2.07. The van der Waals surface area contributed by atoms with E-state index in [1.165, 1.54) is 0 Å². The van der Waals surface area contributed by atoms with E-state index in [1.54, 1.807) is 24.3 Å². The molecule has 2 aromatic rings. The second-order valence-electron chi connectivity index (χ2n) is 5.39. The van der Waals surface area contributed by atoms with Crippen LogP contribution in [0.4, 0.5) is 0 Å². The first kappa shape index (κ1) is 13.4. The highest BCUT2D eigenvalue weighted by Gasteiger charge is 2.31. The molecule has 0 spiro atoms. The summed E-state index contributed by atoms with van der Waals surface area (Å²) in [5.41, 5.74) is 2.28. The van der Waals surface area contributed by atoms with Gasteiger partial charge in [0.2, 0.25) is 0 Å². The van der Waals surface area contributed by atoms with Crippen molar-refractivity contribution in [2.45, 2.75) is 18.9 Å². The summed E-state index contributed by atoms with van der Waals surface area (Å²) in [4.78, 5) is 14.7. The predicted molar refractivity (Wildman–Crippen MR) is 79.6 cm³/mol. The molecule has 0 saturated carbocycles. The topological polar surface area (TPSA) is 49.0 Å². The normalized spacial score (nSPS) is 17.7. The molecule has 21 heavy (non-hydrogen) atoms. The third-order valence-corrected chi connectivity index (χ3v) is 4.08. The molecule has 4 nitrogen and oxygen atoms in total. The number of hydrogen-bond donors (Lipinski definition) is 0. The van der Waals surface area contributed by atoms with Crippen LogP contribution in [0, 0.1) is 11.3 Å². The minimum Gasteiger partial charge on any atom is -0.353 e. The molecule has 1 aliphatic heterocycles. The molecular weight excluding hydrogens is 262 g/mol. The molecule has 0 N–H and O–H groups in total. The van der Waals surface area contributed by atoms with Crippen molar-refractivity contribution < 1.29 is 4.79 Å². The van der Waals surface area contributed by atoms with Gasteiger partial charge in [0, 0.05) is 31.0 Å². The van der Waals surface area contributed by atoms with E-state index in [-0.39, 0.29) is 11.9 Å². The molecule has 106 valence electrons. The second-order valence-corrected chi connectivity index (χ2v) is 5.39. The van der Waals surface area contributed by atoms with Gasteiger partial charge in [0.15, 0.2) is 0 Å². The van der Waals surface area contributed by atoms with Crippen LogP contribution in [-0.2, 0) is 7.05 Å². The summed E-state index contributed by atoms with van der Waals surface area (Å²) in [6.07, 6.45) is 4.01. The summed E-state index contributed by atoms with van der Waals surface area (Å²) in [6, 6.07) is 13.2. The van der Waals surface area contributed by atoms with E-state index in [0.717, 1.165) is 25.1 Å². The van der Waals surface area contributed by atoms with Gasteiger partial charge in [-0.1, -0.05) is 6.07 Å². The highest BCUT2D eigenvalue weighted by Crippen LogP contribution is 2.33. The van der Waals surface area contributed by atoms with Gasteiger partial charge in [0.1, 0.15) is 0 Å². The van der Waals surface area contributed by atoms with Crippen LogP contribution in [0.2, 0.25) is 0 Å². The molecule has 0 bridgehead atoms. The second kappa shape index (κ2) is 5.45. The number of carbonyl (C=O) groups is 1. The van der Waals surface area contributed by atoms with Crippen molar-refractivity contribution in [1.29, 1.82) is 5.26 Å². The van der Waals surface area contributed by atoms with Crippen LogP contribution >= 0.6 is 0 Å². The van der Waals surface area contributed by atoms with Gasteiger partial charge in [-0.05, 0) is 43.2 Å². The molecule has 1 aromatic carbocycles. The number of carbonyl (C=O) groups excluding carboxylic acids is 1. The Labute approximate surface area is 124 Å². The number of rotatable bonds is 2. The Kier molecular flexibility index (Phi) is 3.49. The fraction of sp³-hybridized carbons (Fsp3) is 0.294. The predicted octanol–water partition coefficient (Wildman–Crippen LogP) is 2.87. The van der Waals surface area contributed by atoms with E-state index in [4.69, 9.17) is 5.26 Å². The lowest BCUT2D eigenvalue weighted by molar-refractivity contribution is 0.0731. The number of amides is 1. The molecule has 1 atom stereocenters. The van der Waals surface area contributed by atoms with E-state index in [1.807, 2.05) is 24.2 Å². The van der Waals surface area contributed by atoms with Crippen LogP contribution < -0.4 is 0 Å². The monoisotopic (exact) mass is 279 g/mol. The van der Waals surface area contributed by atoms with Crippen LogP contribution in [0.15, 0.2) is 42.6 Å². The number of nitrogens with zero attached hydrogens (tertiary/aromatic N) is 3. The quantitative estimate of drug-likeness (QED) is 0.848. The fourth-order valence-electron chi connectivity index (χ4n) is 3.03. The van der Waals surface area contributed by atoms with Crippen molar-refractivity contribution in [3.05, 3.63) is 59.4 Å². The Morgan fingerprint density at radius 2 is 2.19 bits per heavy atom. The summed E-state index contributed by atoms with van der Waals surface area (Å²) in [6.45, 7) is 0.769. The fourth-order valence-corrected chi connectivity index (χ4v) is 3.03. The van der Waals surface area contributed by atoms with Crippen molar-refractivity contribution in [3.8, 4) is 6.07 Å². The first-order chi connectivity index (χ1) is 10.2. The Balaban J connectivity index is 1.90. The van der Waals surface area contributed by atoms with Gasteiger partial charge >= 0.3 is 0 Å². The number of aryl methyl sites for hydroxylation is 1. The summed E-state index contributed by atoms with van der Waals surface area (Å²) >= 11 is 0. The van der Waals surface area contributed by atoms with E-state index in [9.17, 15) is 4.79 Å². The average molecular weight is 279 g/mol. The molecule has 1 saturated heterocycles. The standard InChI is InChI=1S/C17H17N3O/c1-19-9-3-7-15(19)16-8-4-10-20(16)17(21)14-6-2-5-13(11-14)12-18/h2-3,5-7,9,11,16H,4,8,10H2,1H3. The Morgan fingerprint density at radius 3 is 2.90 bits per heavy atom. The van der Waals surface area contributed by atoms with Crippen LogP contribution in [0.5, 0.6) is 0 Å². The first-order valence-corrected chi connectivity index (χ1v) is 7.13. The van der Waals surface area contributed by atoms with Gasteiger partial charge < -0.3 is 9.47 Å². The third kappa shape index (κ3) is 2.43. The van der Waals surface area contributed by atoms with Crippen LogP contribution in [0.25, 0.3) is 0 Å². The van der Waals surface area contributed by atoms with E-state index < -0.39 is 0 Å². The molecule has 1 fully saturated rings. The Hall–Kier alpha value is -2.54. The number of aromatic nitrogens is 1. The minimum atomic E-state index is 0.0100. The van der Waals surface area contributed by atoms with Crippen LogP contribution in [0.1, 0.15) is 40.5 Å². The first-order valence-electron chi connectivity index (χ1n) is 7.13. The highest BCUT2D eigenvalue weighted by molar-refractivity contribution is 5.95. The molecule has 2 heterocycles. The molecule has 3 rings (SSSR count). The number of nitriles is 1. The van der Waals surface area contributed by atoms with Crippen molar-refractivity contribution in [2.75, 3.05) is 6.54 Å². The maximum atomic E-state index is 12.7. The van der Waals surface area contributed by atoms with Gasteiger partial charge in [0.25, 0.3) is 5.91 Å². The molecular formula is C17H17N3O. The molecule has 1 aliphatic rings. The van der Waals surface area contributed by atoms with E-state index in [2.05, 4.69) is 16.7 Å². The SMILES string of the molecule is Cn1cccc1C1CCCN1C(=O)c1cccc(C#N)c1. The maximum absolute atomic E-state index is 12.7. The number of likely N-dealkylation sites (tertiary alicyclic amines) is 1. The molecule has 1 unspecified atom stereocenters. The van der Waals surface area contributed by atoms with Crippen LogP contribution in [0.3, 0.4) is 0 Å². The zero-order valence-electron chi connectivity index (χ0n) is 12.0. The Bertz CT molecular complexity index is 711. The van der Waals surface area contributed by atoms with Gasteiger partial charge in [-0.3, -0.25) is 4.79 Å². The molecule has 4 heteroatoms. The lowest BCUT2D eigenvalue weighted by atomic mass is 10.1. The van der Waals surface area contributed by atoms with Crippen LogP contribution in [-0.4, -0.2) is 21.9 Å². The lowest BCUT2D eigenvalue weighted by Gasteiger charge is -2.25. The largest absolute Gasteiger partial charge is 0.353 e. The van der Waals surface area contributed by atoms with Gasteiger partial charge in [-0.2, -0.15) is 5.26 Å². The van der Waals surface area contributed by atoms with Crippen molar-refractivity contribution in [2.24, 2.45) is 7.05 Å². The lowest BCUT2D eigenvalue weighted by Crippen LogP contribution is -2.31. The molecule has 0 radical (unpaired) electrons. The van der Waals surface area contributed by atoms with E-state index >= 15 is 0 Å². The molecule has 0 aliphatic carbocycles. The van der Waals surface area contributed by atoms with Crippen molar-refractivity contribution in [1.82, 2.24) is 9.47 Å². The van der Waals surface area contributed by atoms with Crippen molar-refractivity contribution in [3.63, 3.8) is 0 Å². The Morgan fingerprint density at radius 1 is 1.33 bits per heavy atom. The third-order valence-electron chi connectivity index (χ3n) is 4.08. The minimum absolute atomic E-state index is 0.0100. The summed E-state index contributed by atoms with van der Waals surface area (Å²) in [7, 11) is 2.01. The summed E-state index contributed by atoms with van der Waals surface area (Å²) in [5, 5.41) is 8.97. The van der Waals surface area contributed by atoms with Gasteiger partial charge in [-0.25, -0.2) is 0 Å². The number of benzene rings is 1. The van der Waals surface area contributed by atoms with Gasteiger partial charge in [0.05, 0.1) is 17.7 Å². The van der Waals surface area contributed by atoms with E-state index in [0.29, 0.717) is 11.1 Å². The zero-order valence-corrected chi connectivity index (χ0v) is 12.0. The molecule has 1 aromatic heterocycles. The van der Waals surface area contributed by atoms with Crippen molar-refractivity contribution >= 4 is 5.91 Å². The maximum Gasteiger partial charge on any atom is 0.254 e. The number of hydrogen-bond acceptors (Lipinski definition) is 2. The van der Waals surface area contributed by atoms with Gasteiger partial charge in [-0.15, -0.1) is 0 Å².